The third-order valence-corrected chi connectivity index (χ3v) is 2.80. The van der Waals surface area contributed by atoms with Gasteiger partial charge in [0, 0.05) is 17.4 Å². The first-order valence-electron chi connectivity index (χ1n) is 5.15. The highest BCUT2D eigenvalue weighted by molar-refractivity contribution is 6.42. The summed E-state index contributed by atoms with van der Waals surface area (Å²) in [4.78, 5) is 22.9. The van der Waals surface area contributed by atoms with Crippen LogP contribution in [0.5, 0.6) is 0 Å². The molecule has 0 heterocycles. The summed E-state index contributed by atoms with van der Waals surface area (Å²) in [6, 6.07) is 4.56. The number of nitrogens with one attached hydrogen (secondary N) is 2. The van der Waals surface area contributed by atoms with E-state index in [1.165, 1.54) is 12.1 Å². The minimum atomic E-state index is -0.784. The molecule has 2 amide bonds. The second-order valence-corrected chi connectivity index (χ2v) is 4.60. The van der Waals surface area contributed by atoms with Crippen LogP contribution in [-0.4, -0.2) is 24.2 Å². The highest BCUT2D eigenvalue weighted by Crippen LogP contribution is 2.25. The Morgan fingerprint density at radius 3 is 2.50 bits per heavy atom. The van der Waals surface area contributed by atoms with Crippen LogP contribution in [0, 0.1) is 0 Å². The third-order valence-electron chi connectivity index (χ3n) is 1.98. The van der Waals surface area contributed by atoms with E-state index < -0.39 is 11.8 Å². The fraction of sp³-hybridized carbons (Fsp3) is 0.273. The molecule has 1 aromatic carbocycles. The summed E-state index contributed by atoms with van der Waals surface area (Å²) in [6.07, 6.45) is 0.599. The van der Waals surface area contributed by atoms with Gasteiger partial charge in [-0.2, -0.15) is 0 Å². The van der Waals surface area contributed by atoms with Crippen molar-refractivity contribution in [1.82, 2.24) is 5.32 Å². The van der Waals surface area contributed by atoms with E-state index in [1.54, 1.807) is 6.07 Å². The predicted octanol–water partition coefficient (Wildman–Crippen LogP) is 2.68. The van der Waals surface area contributed by atoms with Gasteiger partial charge < -0.3 is 10.6 Å². The number of benzene rings is 1. The van der Waals surface area contributed by atoms with Gasteiger partial charge in [0.05, 0.1) is 10.7 Å². The molecule has 4 nitrogen and oxygen atoms in total. The lowest BCUT2D eigenvalue weighted by atomic mass is 10.3. The summed E-state index contributed by atoms with van der Waals surface area (Å²) in [5, 5.41) is 5.54. The van der Waals surface area contributed by atoms with Gasteiger partial charge in [0.25, 0.3) is 0 Å². The third kappa shape index (κ3) is 4.72. The van der Waals surface area contributed by atoms with Crippen LogP contribution in [-0.2, 0) is 9.59 Å². The van der Waals surface area contributed by atoms with Crippen molar-refractivity contribution in [3.8, 4) is 0 Å². The molecule has 0 unspecified atom stereocenters. The summed E-state index contributed by atoms with van der Waals surface area (Å²) in [7, 11) is 0. The normalized spacial score (nSPS) is 9.94. The molecule has 98 valence electrons. The number of hydrogen-bond donors (Lipinski definition) is 2. The lowest BCUT2D eigenvalue weighted by molar-refractivity contribution is -0.136. The number of carbonyl (C=O) groups is 2. The van der Waals surface area contributed by atoms with E-state index in [-0.39, 0.29) is 5.02 Å². The summed E-state index contributed by atoms with van der Waals surface area (Å²) in [5.41, 5.74) is 0.332. The number of hydrogen-bond acceptors (Lipinski definition) is 2. The van der Waals surface area contributed by atoms with Gasteiger partial charge in [0.2, 0.25) is 0 Å². The molecule has 0 atom stereocenters. The number of amides is 2. The van der Waals surface area contributed by atoms with Crippen molar-refractivity contribution in [2.24, 2.45) is 0 Å². The van der Waals surface area contributed by atoms with E-state index in [9.17, 15) is 9.59 Å². The molecule has 0 radical (unpaired) electrons. The topological polar surface area (TPSA) is 58.2 Å². The monoisotopic (exact) mass is 308 g/mol. The molecule has 0 aromatic heterocycles. The van der Waals surface area contributed by atoms with Crippen LogP contribution in [0.1, 0.15) is 6.42 Å². The first-order valence-corrected chi connectivity index (χ1v) is 6.44. The largest absolute Gasteiger partial charge is 0.348 e. The molecule has 0 saturated heterocycles. The molecule has 18 heavy (non-hydrogen) atoms. The Kier molecular flexibility index (Phi) is 6.25. The van der Waals surface area contributed by atoms with Crippen LogP contribution in [0.4, 0.5) is 5.69 Å². The Bertz CT molecular complexity index is 452. The van der Waals surface area contributed by atoms with E-state index >= 15 is 0 Å². The van der Waals surface area contributed by atoms with Crippen molar-refractivity contribution < 1.29 is 9.59 Å². The molecule has 0 aliphatic rings. The van der Waals surface area contributed by atoms with Crippen molar-refractivity contribution in [3.63, 3.8) is 0 Å². The van der Waals surface area contributed by atoms with Gasteiger partial charge in [-0.25, -0.2) is 0 Å². The number of anilines is 1. The van der Waals surface area contributed by atoms with Gasteiger partial charge >= 0.3 is 11.8 Å². The van der Waals surface area contributed by atoms with Gasteiger partial charge in [0.15, 0.2) is 0 Å². The lowest BCUT2D eigenvalue weighted by Gasteiger charge is -2.07. The Labute approximate surface area is 120 Å². The Morgan fingerprint density at radius 1 is 1.17 bits per heavy atom. The van der Waals surface area contributed by atoms with E-state index in [2.05, 4.69) is 10.6 Å². The van der Waals surface area contributed by atoms with Crippen LogP contribution < -0.4 is 10.6 Å². The smallest absolute Gasteiger partial charge is 0.313 e. The molecular formula is C11H11Cl3N2O2. The first-order chi connectivity index (χ1) is 8.54. The zero-order valence-corrected chi connectivity index (χ0v) is 11.6. The van der Waals surface area contributed by atoms with Crippen LogP contribution in [0.2, 0.25) is 10.0 Å². The molecule has 1 rings (SSSR count). The maximum absolute atomic E-state index is 11.5. The summed E-state index contributed by atoms with van der Waals surface area (Å²) in [5.74, 6) is -1.09. The zero-order valence-electron chi connectivity index (χ0n) is 9.30. The molecule has 0 aliphatic carbocycles. The molecule has 2 N–H and O–H groups in total. The average molecular weight is 310 g/mol. The van der Waals surface area contributed by atoms with Gasteiger partial charge in [0.1, 0.15) is 0 Å². The van der Waals surface area contributed by atoms with Gasteiger partial charge in [-0.15, -0.1) is 11.6 Å². The summed E-state index contributed by atoms with van der Waals surface area (Å²) < 4.78 is 0. The SMILES string of the molecule is O=C(NCCCCl)C(=O)Nc1ccc(Cl)cc1Cl. The molecule has 0 bridgehead atoms. The Balaban J connectivity index is 2.56. The predicted molar refractivity (Wildman–Crippen MR) is 73.4 cm³/mol. The fourth-order valence-electron chi connectivity index (χ4n) is 1.12. The Hall–Kier alpha value is -0.970. The highest BCUT2D eigenvalue weighted by atomic mass is 35.5. The van der Waals surface area contributed by atoms with Crippen molar-refractivity contribution in [2.75, 3.05) is 17.7 Å². The van der Waals surface area contributed by atoms with E-state index in [1.807, 2.05) is 0 Å². The van der Waals surface area contributed by atoms with Crippen LogP contribution in [0.15, 0.2) is 18.2 Å². The number of halogens is 3. The van der Waals surface area contributed by atoms with Crippen molar-refractivity contribution in [1.29, 1.82) is 0 Å². The molecule has 7 heteroatoms. The van der Waals surface area contributed by atoms with E-state index in [0.717, 1.165) is 0 Å². The number of carbonyl (C=O) groups excluding carboxylic acids is 2. The quantitative estimate of drug-likeness (QED) is 0.510. The highest BCUT2D eigenvalue weighted by Gasteiger charge is 2.14. The van der Waals surface area contributed by atoms with Gasteiger partial charge in [-0.1, -0.05) is 23.2 Å². The zero-order chi connectivity index (χ0) is 13.5. The van der Waals surface area contributed by atoms with Crippen molar-refractivity contribution in [3.05, 3.63) is 28.2 Å². The van der Waals surface area contributed by atoms with Crippen LogP contribution >= 0.6 is 34.8 Å². The first kappa shape index (κ1) is 15.1. The van der Waals surface area contributed by atoms with Crippen LogP contribution in [0.3, 0.4) is 0 Å². The molecule has 0 spiro atoms. The van der Waals surface area contributed by atoms with Crippen LogP contribution in [0.25, 0.3) is 0 Å². The Morgan fingerprint density at radius 2 is 1.89 bits per heavy atom. The molecule has 1 aromatic rings. The van der Waals surface area contributed by atoms with Gasteiger partial charge in [-0.05, 0) is 24.6 Å². The maximum Gasteiger partial charge on any atom is 0.313 e. The minimum Gasteiger partial charge on any atom is -0.348 e. The minimum absolute atomic E-state index is 0.268. The van der Waals surface area contributed by atoms with E-state index in [4.69, 9.17) is 34.8 Å². The summed E-state index contributed by atoms with van der Waals surface area (Å²) >= 11 is 17.0. The number of rotatable bonds is 4. The number of alkyl halides is 1. The second-order valence-electron chi connectivity index (χ2n) is 3.38. The summed E-state index contributed by atoms with van der Waals surface area (Å²) in [6.45, 7) is 0.351. The average Bonchev–Trinajstić information content (AvgIpc) is 2.32. The van der Waals surface area contributed by atoms with E-state index in [0.29, 0.717) is 29.6 Å². The molecule has 0 fully saturated rings. The fourth-order valence-corrected chi connectivity index (χ4v) is 1.71. The molecule has 0 saturated carbocycles. The maximum atomic E-state index is 11.5. The standard InChI is InChI=1S/C11H11Cl3N2O2/c12-4-1-5-15-10(17)11(18)16-9-3-2-7(13)6-8(9)14/h2-3,6H,1,4-5H2,(H,15,17)(H,16,18). The molecular weight excluding hydrogens is 298 g/mol. The molecule has 0 aliphatic heterocycles. The lowest BCUT2D eigenvalue weighted by Crippen LogP contribution is -2.36. The van der Waals surface area contributed by atoms with Gasteiger partial charge in [-0.3, -0.25) is 9.59 Å². The van der Waals surface area contributed by atoms with Crippen molar-refractivity contribution in [2.45, 2.75) is 6.42 Å². The van der Waals surface area contributed by atoms with Crippen molar-refractivity contribution >= 4 is 52.3 Å². The second kappa shape index (κ2) is 7.46.